The second-order valence-corrected chi connectivity index (χ2v) is 9.01. The molecule has 2 aliphatic heterocycles. The zero-order valence-corrected chi connectivity index (χ0v) is 20.1. The summed E-state index contributed by atoms with van der Waals surface area (Å²) in [5.41, 5.74) is 9.96. The van der Waals surface area contributed by atoms with E-state index in [1.807, 2.05) is 37.3 Å². The number of benzene rings is 1. The van der Waals surface area contributed by atoms with E-state index >= 15 is 0 Å². The Morgan fingerprint density at radius 3 is 2.59 bits per heavy atom. The van der Waals surface area contributed by atoms with Crippen LogP contribution < -0.4 is 9.64 Å². The van der Waals surface area contributed by atoms with E-state index < -0.39 is 0 Å². The molecule has 0 spiro atoms. The third-order valence-corrected chi connectivity index (χ3v) is 6.66. The third-order valence-electron chi connectivity index (χ3n) is 6.66. The van der Waals surface area contributed by atoms with Gasteiger partial charge in [-0.1, -0.05) is 0 Å². The molecule has 170 valence electrons. The highest BCUT2D eigenvalue weighted by atomic mass is 16.5. The molecule has 0 amide bonds. The maximum absolute atomic E-state index is 10.2. The smallest absolute Gasteiger partial charge is 0.146 e. The molecule has 5 rings (SSSR count). The summed E-state index contributed by atoms with van der Waals surface area (Å²) in [7, 11) is 0. The van der Waals surface area contributed by atoms with Crippen molar-refractivity contribution in [1.29, 1.82) is 5.26 Å². The van der Waals surface area contributed by atoms with E-state index in [0.717, 1.165) is 65.3 Å². The summed E-state index contributed by atoms with van der Waals surface area (Å²) in [5, 5.41) is 10.2. The van der Waals surface area contributed by atoms with Crippen molar-refractivity contribution >= 4 is 16.8 Å². The summed E-state index contributed by atoms with van der Waals surface area (Å²) in [6, 6.07) is 12.3. The minimum Gasteiger partial charge on any atom is -0.455 e. The fourth-order valence-corrected chi connectivity index (χ4v) is 5.02. The fourth-order valence-electron chi connectivity index (χ4n) is 5.02. The van der Waals surface area contributed by atoms with Gasteiger partial charge in [-0.15, -0.1) is 0 Å². The number of pyridine rings is 2. The summed E-state index contributed by atoms with van der Waals surface area (Å²) in [5.74, 6) is 1.48. The molecule has 0 unspecified atom stereocenters. The normalized spacial score (nSPS) is 16.1. The molecule has 0 radical (unpaired) electrons. The van der Waals surface area contributed by atoms with Crippen LogP contribution in [0.5, 0.6) is 5.75 Å². The molecule has 0 fully saturated rings. The van der Waals surface area contributed by atoms with Gasteiger partial charge in [-0.05, 0) is 99.2 Å². The van der Waals surface area contributed by atoms with E-state index in [1.165, 1.54) is 16.8 Å². The Morgan fingerprint density at radius 1 is 1.09 bits per heavy atom. The monoisotopic (exact) mass is 448 g/mol. The van der Waals surface area contributed by atoms with Crippen LogP contribution in [0.4, 0.5) is 5.69 Å². The van der Waals surface area contributed by atoms with Crippen LogP contribution in [0.2, 0.25) is 0 Å². The minimum absolute atomic E-state index is 0.499. The zero-order valence-electron chi connectivity index (χ0n) is 20.1. The first-order valence-electron chi connectivity index (χ1n) is 11.8. The van der Waals surface area contributed by atoms with Crippen LogP contribution >= 0.6 is 0 Å². The number of ether oxygens (including phenoxy) is 1. The number of hydrogen-bond donors (Lipinski definition) is 0. The van der Waals surface area contributed by atoms with Crippen molar-refractivity contribution in [2.75, 3.05) is 18.0 Å². The molecule has 5 heteroatoms. The van der Waals surface area contributed by atoms with Gasteiger partial charge in [-0.2, -0.15) is 5.26 Å². The second kappa shape index (κ2) is 8.79. The van der Waals surface area contributed by atoms with Crippen LogP contribution in [0.15, 0.2) is 54.6 Å². The van der Waals surface area contributed by atoms with Gasteiger partial charge in [0.2, 0.25) is 0 Å². The van der Waals surface area contributed by atoms with Gasteiger partial charge < -0.3 is 9.64 Å². The molecule has 0 atom stereocenters. The van der Waals surface area contributed by atoms with Crippen LogP contribution in [-0.4, -0.2) is 23.1 Å². The van der Waals surface area contributed by atoms with Gasteiger partial charge in [-0.25, -0.2) is 0 Å². The van der Waals surface area contributed by atoms with Crippen LogP contribution in [-0.2, 0) is 6.42 Å². The first kappa shape index (κ1) is 21.9. The van der Waals surface area contributed by atoms with Crippen molar-refractivity contribution in [2.24, 2.45) is 0 Å². The summed E-state index contributed by atoms with van der Waals surface area (Å²) in [6.07, 6.45) is 7.57. The Hall–Kier alpha value is -3.91. The standard InChI is InChI=1S/C29H28N4O/c1-5-33-12-6-7-22-28(33)20(4)14-23-19(3)15-27(34-29(22)23)24(17-30)21-9-11-32-26(16-21)25-13-18(2)8-10-31-25/h8-11,13-16H,5-7,12H2,1-4H3/b27-24-. The topological polar surface area (TPSA) is 62.0 Å². The Bertz CT molecular complexity index is 1390. The lowest BCUT2D eigenvalue weighted by Gasteiger charge is -2.35. The van der Waals surface area contributed by atoms with Crippen molar-refractivity contribution in [1.82, 2.24) is 9.97 Å². The molecular weight excluding hydrogens is 420 g/mol. The molecule has 0 saturated heterocycles. The number of allylic oxidation sites excluding steroid dienone is 3. The van der Waals surface area contributed by atoms with Crippen molar-refractivity contribution in [3.05, 3.63) is 82.4 Å². The summed E-state index contributed by atoms with van der Waals surface area (Å²) in [6.45, 7) is 10.5. The number of nitrogens with zero attached hydrogens (tertiary/aromatic N) is 4. The molecule has 4 heterocycles. The van der Waals surface area contributed by atoms with Gasteiger partial charge in [0.15, 0.2) is 0 Å². The Morgan fingerprint density at radius 2 is 1.85 bits per heavy atom. The fraction of sp³-hybridized carbons (Fsp3) is 0.276. The number of rotatable bonds is 3. The van der Waals surface area contributed by atoms with Crippen LogP contribution in [0.3, 0.4) is 0 Å². The zero-order chi connectivity index (χ0) is 23.8. The summed E-state index contributed by atoms with van der Waals surface area (Å²) < 4.78 is 6.54. The van der Waals surface area contributed by atoms with Crippen molar-refractivity contribution in [3.8, 4) is 23.2 Å². The lowest BCUT2D eigenvalue weighted by molar-refractivity contribution is 0.433. The highest BCUT2D eigenvalue weighted by molar-refractivity contribution is 5.87. The van der Waals surface area contributed by atoms with Crippen molar-refractivity contribution in [3.63, 3.8) is 0 Å². The van der Waals surface area contributed by atoms with Crippen LogP contribution in [0.1, 0.15) is 48.1 Å². The molecule has 1 aromatic carbocycles. The summed E-state index contributed by atoms with van der Waals surface area (Å²) in [4.78, 5) is 11.4. The van der Waals surface area contributed by atoms with E-state index in [1.54, 1.807) is 12.4 Å². The number of nitriles is 1. The lowest BCUT2D eigenvalue weighted by atomic mass is 9.90. The number of aromatic nitrogens is 2. The largest absolute Gasteiger partial charge is 0.455 e. The molecule has 3 aromatic rings. The summed E-state index contributed by atoms with van der Waals surface area (Å²) >= 11 is 0. The van der Waals surface area contributed by atoms with E-state index in [0.29, 0.717) is 11.3 Å². The minimum atomic E-state index is 0.499. The van der Waals surface area contributed by atoms with E-state index in [-0.39, 0.29) is 0 Å². The van der Waals surface area contributed by atoms with Crippen molar-refractivity contribution < 1.29 is 4.74 Å². The maximum atomic E-state index is 10.2. The van der Waals surface area contributed by atoms with Gasteiger partial charge in [0, 0.05) is 42.3 Å². The molecule has 2 aliphatic rings. The van der Waals surface area contributed by atoms with Gasteiger partial charge >= 0.3 is 0 Å². The van der Waals surface area contributed by atoms with Gasteiger partial charge in [-0.3, -0.25) is 9.97 Å². The highest BCUT2D eigenvalue weighted by Gasteiger charge is 2.28. The maximum Gasteiger partial charge on any atom is 0.146 e. The highest BCUT2D eigenvalue weighted by Crippen LogP contribution is 2.45. The quantitative estimate of drug-likeness (QED) is 0.442. The van der Waals surface area contributed by atoms with E-state index in [2.05, 4.69) is 47.8 Å². The molecule has 34 heavy (non-hydrogen) atoms. The number of aryl methyl sites for hydroxylation is 2. The SMILES string of the molecule is CCN1CCCc2c3c(cc(C)c21)C(C)=C/C(=C(\C#N)c1ccnc(-c2cc(C)ccn2)c1)O3. The molecule has 5 nitrogen and oxygen atoms in total. The predicted octanol–water partition coefficient (Wildman–Crippen LogP) is 6.26. The molecular formula is C29H28N4O. The van der Waals surface area contributed by atoms with Gasteiger partial charge in [0.1, 0.15) is 23.2 Å². The average molecular weight is 449 g/mol. The van der Waals surface area contributed by atoms with Crippen molar-refractivity contribution in [2.45, 2.75) is 40.5 Å². The van der Waals surface area contributed by atoms with E-state index in [4.69, 9.17) is 4.74 Å². The number of anilines is 1. The molecule has 0 N–H and O–H groups in total. The Labute approximate surface area is 201 Å². The molecule has 0 aliphatic carbocycles. The van der Waals surface area contributed by atoms with Crippen LogP contribution in [0, 0.1) is 25.2 Å². The lowest BCUT2D eigenvalue weighted by Crippen LogP contribution is -2.30. The first-order chi connectivity index (χ1) is 16.5. The number of hydrogen-bond acceptors (Lipinski definition) is 5. The number of fused-ring (bicyclic) bond motifs is 3. The van der Waals surface area contributed by atoms with Gasteiger partial charge in [0.25, 0.3) is 0 Å². The molecule has 2 aromatic heterocycles. The Balaban J connectivity index is 1.63. The predicted molar refractivity (Wildman–Crippen MR) is 136 cm³/mol. The van der Waals surface area contributed by atoms with E-state index in [9.17, 15) is 5.26 Å². The van der Waals surface area contributed by atoms with Crippen LogP contribution in [0.25, 0.3) is 22.5 Å². The first-order valence-corrected chi connectivity index (χ1v) is 11.8. The molecule has 0 bridgehead atoms. The second-order valence-electron chi connectivity index (χ2n) is 9.01. The molecule has 0 saturated carbocycles. The third kappa shape index (κ3) is 3.76. The Kier molecular flexibility index (Phi) is 5.67. The van der Waals surface area contributed by atoms with Gasteiger partial charge in [0.05, 0.1) is 11.4 Å². The average Bonchev–Trinajstić information content (AvgIpc) is 2.85.